The highest BCUT2D eigenvalue weighted by molar-refractivity contribution is 5.03. The highest BCUT2D eigenvalue weighted by atomic mass is 16.5. The lowest BCUT2D eigenvalue weighted by Gasteiger charge is -2.33. The molecular weight excluding hydrogens is 214 g/mol. The summed E-state index contributed by atoms with van der Waals surface area (Å²) >= 11 is 0. The van der Waals surface area contributed by atoms with Gasteiger partial charge in [-0.1, -0.05) is 26.2 Å². The lowest BCUT2D eigenvalue weighted by Crippen LogP contribution is -2.31. The first kappa shape index (κ1) is 12.7. The molecule has 1 aromatic rings. The molecule has 3 atom stereocenters. The molecule has 1 aliphatic rings. The van der Waals surface area contributed by atoms with E-state index in [0.717, 1.165) is 12.2 Å². The van der Waals surface area contributed by atoms with E-state index in [0.29, 0.717) is 18.6 Å². The summed E-state index contributed by atoms with van der Waals surface area (Å²) in [7, 11) is 0. The van der Waals surface area contributed by atoms with Crippen LogP contribution in [-0.2, 0) is 4.74 Å². The molecule has 1 fully saturated rings. The maximum absolute atomic E-state index is 6.17. The van der Waals surface area contributed by atoms with Crippen LogP contribution in [0, 0.1) is 5.92 Å². The van der Waals surface area contributed by atoms with Crippen LogP contribution in [0.5, 0.6) is 0 Å². The average molecular weight is 237 g/mol. The standard InChI is InChI=1S/C14H23NO2/c1-2-11-6-3-4-7-12(11)17-14(10-15)13-8-5-9-16-13/h5,8-9,11-12,14H,2-4,6-7,10,15H2,1H3. The van der Waals surface area contributed by atoms with Gasteiger partial charge in [-0.25, -0.2) is 0 Å². The van der Waals surface area contributed by atoms with E-state index in [1.54, 1.807) is 6.26 Å². The first-order valence-electron chi connectivity index (χ1n) is 6.74. The van der Waals surface area contributed by atoms with E-state index >= 15 is 0 Å². The van der Waals surface area contributed by atoms with E-state index in [9.17, 15) is 0 Å². The van der Waals surface area contributed by atoms with Gasteiger partial charge in [0.2, 0.25) is 0 Å². The molecule has 0 saturated heterocycles. The Morgan fingerprint density at radius 3 is 2.94 bits per heavy atom. The van der Waals surface area contributed by atoms with Gasteiger partial charge in [-0.2, -0.15) is 0 Å². The molecule has 0 amide bonds. The Morgan fingerprint density at radius 2 is 2.29 bits per heavy atom. The smallest absolute Gasteiger partial charge is 0.133 e. The summed E-state index contributed by atoms with van der Waals surface area (Å²) in [5.74, 6) is 1.54. The predicted octanol–water partition coefficient (Wildman–Crippen LogP) is 3.26. The fourth-order valence-electron chi connectivity index (χ4n) is 2.74. The van der Waals surface area contributed by atoms with E-state index in [4.69, 9.17) is 14.9 Å². The van der Waals surface area contributed by atoms with E-state index in [2.05, 4.69) is 6.92 Å². The summed E-state index contributed by atoms with van der Waals surface area (Å²) in [5, 5.41) is 0. The molecule has 1 aliphatic carbocycles. The fourth-order valence-corrected chi connectivity index (χ4v) is 2.74. The van der Waals surface area contributed by atoms with Crippen molar-refractivity contribution in [2.24, 2.45) is 11.7 Å². The SMILES string of the molecule is CCC1CCCCC1OC(CN)c1ccco1. The molecule has 2 rings (SSSR count). The molecule has 17 heavy (non-hydrogen) atoms. The Hall–Kier alpha value is -0.800. The number of hydrogen-bond donors (Lipinski definition) is 1. The zero-order chi connectivity index (χ0) is 12.1. The summed E-state index contributed by atoms with van der Waals surface area (Å²) in [6.45, 7) is 2.73. The summed E-state index contributed by atoms with van der Waals surface area (Å²) in [4.78, 5) is 0. The van der Waals surface area contributed by atoms with Crippen molar-refractivity contribution in [3.8, 4) is 0 Å². The summed E-state index contributed by atoms with van der Waals surface area (Å²) in [5.41, 5.74) is 5.78. The molecule has 0 bridgehead atoms. The molecule has 0 spiro atoms. The highest BCUT2D eigenvalue weighted by Gasteiger charge is 2.27. The molecule has 3 unspecified atom stereocenters. The monoisotopic (exact) mass is 237 g/mol. The van der Waals surface area contributed by atoms with Crippen molar-refractivity contribution in [1.82, 2.24) is 0 Å². The Morgan fingerprint density at radius 1 is 1.47 bits per heavy atom. The first-order chi connectivity index (χ1) is 8.35. The third-order valence-electron chi connectivity index (χ3n) is 3.78. The minimum atomic E-state index is -0.0813. The molecule has 2 N–H and O–H groups in total. The summed E-state index contributed by atoms with van der Waals surface area (Å²) < 4.78 is 11.6. The Bertz CT molecular complexity index is 310. The van der Waals surface area contributed by atoms with Crippen molar-refractivity contribution >= 4 is 0 Å². The molecule has 1 aromatic heterocycles. The van der Waals surface area contributed by atoms with Gasteiger partial charge >= 0.3 is 0 Å². The Balaban J connectivity index is 1.97. The van der Waals surface area contributed by atoms with Crippen LogP contribution in [0.3, 0.4) is 0 Å². The maximum Gasteiger partial charge on any atom is 0.133 e. The van der Waals surface area contributed by atoms with Crippen molar-refractivity contribution in [2.45, 2.75) is 51.2 Å². The Labute approximate surface area is 103 Å². The van der Waals surface area contributed by atoms with E-state index in [-0.39, 0.29) is 6.10 Å². The van der Waals surface area contributed by atoms with Crippen LogP contribution in [0.1, 0.15) is 50.9 Å². The zero-order valence-corrected chi connectivity index (χ0v) is 10.6. The second kappa shape index (κ2) is 6.22. The van der Waals surface area contributed by atoms with E-state index in [1.165, 1.54) is 25.7 Å². The van der Waals surface area contributed by atoms with Crippen molar-refractivity contribution in [3.63, 3.8) is 0 Å². The number of furan rings is 1. The number of ether oxygens (including phenoxy) is 1. The number of rotatable bonds is 5. The number of nitrogens with two attached hydrogens (primary N) is 1. The zero-order valence-electron chi connectivity index (χ0n) is 10.6. The van der Waals surface area contributed by atoms with Crippen LogP contribution in [0.25, 0.3) is 0 Å². The topological polar surface area (TPSA) is 48.4 Å². The highest BCUT2D eigenvalue weighted by Crippen LogP contribution is 2.32. The van der Waals surface area contributed by atoms with Crippen LogP contribution < -0.4 is 5.73 Å². The van der Waals surface area contributed by atoms with Gasteiger partial charge in [-0.3, -0.25) is 0 Å². The third-order valence-corrected chi connectivity index (χ3v) is 3.78. The molecule has 96 valence electrons. The molecule has 3 nitrogen and oxygen atoms in total. The quantitative estimate of drug-likeness (QED) is 0.855. The van der Waals surface area contributed by atoms with E-state index in [1.807, 2.05) is 12.1 Å². The van der Waals surface area contributed by atoms with Crippen LogP contribution >= 0.6 is 0 Å². The number of hydrogen-bond acceptors (Lipinski definition) is 3. The predicted molar refractivity (Wildman–Crippen MR) is 67.6 cm³/mol. The average Bonchev–Trinajstić information content (AvgIpc) is 2.90. The van der Waals surface area contributed by atoms with Crippen molar-refractivity contribution < 1.29 is 9.15 Å². The van der Waals surface area contributed by atoms with Crippen LogP contribution in [0.2, 0.25) is 0 Å². The minimum Gasteiger partial charge on any atom is -0.467 e. The van der Waals surface area contributed by atoms with Crippen molar-refractivity contribution in [1.29, 1.82) is 0 Å². The van der Waals surface area contributed by atoms with Gasteiger partial charge in [0.05, 0.1) is 12.4 Å². The molecule has 3 heteroatoms. The van der Waals surface area contributed by atoms with Gasteiger partial charge < -0.3 is 14.9 Å². The summed E-state index contributed by atoms with van der Waals surface area (Å²) in [6.07, 6.45) is 8.21. The second-order valence-electron chi connectivity index (χ2n) is 4.87. The van der Waals surface area contributed by atoms with Gasteiger partial charge in [0.1, 0.15) is 11.9 Å². The molecule has 0 aliphatic heterocycles. The molecule has 1 saturated carbocycles. The van der Waals surface area contributed by atoms with Gasteiger partial charge in [-0.05, 0) is 30.9 Å². The summed E-state index contributed by atoms with van der Waals surface area (Å²) in [6, 6.07) is 3.83. The normalized spacial score (nSPS) is 26.9. The van der Waals surface area contributed by atoms with Gasteiger partial charge in [0, 0.05) is 6.54 Å². The van der Waals surface area contributed by atoms with Gasteiger partial charge in [0.25, 0.3) is 0 Å². The van der Waals surface area contributed by atoms with Crippen LogP contribution in [0.15, 0.2) is 22.8 Å². The van der Waals surface area contributed by atoms with Gasteiger partial charge in [-0.15, -0.1) is 0 Å². The molecule has 0 radical (unpaired) electrons. The van der Waals surface area contributed by atoms with E-state index < -0.39 is 0 Å². The Kier molecular flexibility index (Phi) is 4.63. The van der Waals surface area contributed by atoms with Crippen molar-refractivity contribution in [3.05, 3.63) is 24.2 Å². The van der Waals surface area contributed by atoms with Crippen LogP contribution in [0.4, 0.5) is 0 Å². The molecule has 1 heterocycles. The second-order valence-corrected chi connectivity index (χ2v) is 4.87. The first-order valence-corrected chi connectivity index (χ1v) is 6.74. The lowest BCUT2D eigenvalue weighted by atomic mass is 9.84. The largest absolute Gasteiger partial charge is 0.467 e. The molecular formula is C14H23NO2. The van der Waals surface area contributed by atoms with Gasteiger partial charge in [0.15, 0.2) is 0 Å². The minimum absolute atomic E-state index is 0.0813. The fraction of sp³-hybridized carbons (Fsp3) is 0.714. The third kappa shape index (κ3) is 3.11. The van der Waals surface area contributed by atoms with Crippen molar-refractivity contribution in [2.75, 3.05) is 6.54 Å². The lowest BCUT2D eigenvalue weighted by molar-refractivity contribution is -0.0660. The molecule has 0 aromatic carbocycles. The maximum atomic E-state index is 6.17. The van der Waals surface area contributed by atoms with Crippen LogP contribution in [-0.4, -0.2) is 12.6 Å².